The average molecular weight is 318 g/mol. The largest absolute Gasteiger partial charge is 0.375 e. The summed E-state index contributed by atoms with van der Waals surface area (Å²) in [5, 5.41) is 0. The van der Waals surface area contributed by atoms with Gasteiger partial charge in [0, 0.05) is 6.54 Å². The quantitative estimate of drug-likeness (QED) is 0.776. The molecule has 130 valence electrons. The summed E-state index contributed by atoms with van der Waals surface area (Å²) in [6.07, 6.45) is 2.53. The van der Waals surface area contributed by atoms with Gasteiger partial charge in [0.05, 0.1) is 12.2 Å². The Kier molecular flexibility index (Phi) is 5.91. The van der Waals surface area contributed by atoms with E-state index in [2.05, 4.69) is 70.7 Å². The van der Waals surface area contributed by atoms with Gasteiger partial charge in [-0.3, -0.25) is 0 Å². The summed E-state index contributed by atoms with van der Waals surface area (Å²) in [6.45, 7) is 17.6. The van der Waals surface area contributed by atoms with Crippen LogP contribution in [0.2, 0.25) is 0 Å². The summed E-state index contributed by atoms with van der Waals surface area (Å²) < 4.78 is 5.86. The molecule has 1 aliphatic heterocycles. The Morgan fingerprint density at radius 2 is 1.70 bits per heavy atom. The Bertz CT molecular complexity index is 487. The Hall–Kier alpha value is -0.860. The van der Waals surface area contributed by atoms with Gasteiger partial charge in [0.2, 0.25) is 0 Å². The average Bonchev–Trinajstić information content (AvgIpc) is 2.46. The van der Waals surface area contributed by atoms with Gasteiger partial charge in [-0.15, -0.1) is 0 Å². The monoisotopic (exact) mass is 317 g/mol. The lowest BCUT2D eigenvalue weighted by Crippen LogP contribution is -2.36. The third-order valence-electron chi connectivity index (χ3n) is 4.75. The lowest BCUT2D eigenvalue weighted by Gasteiger charge is -2.33. The van der Waals surface area contributed by atoms with Crippen molar-refractivity contribution in [3.8, 4) is 0 Å². The topological polar surface area (TPSA) is 12.5 Å². The Morgan fingerprint density at radius 1 is 1.04 bits per heavy atom. The molecule has 1 fully saturated rings. The van der Waals surface area contributed by atoms with Crippen LogP contribution in [-0.4, -0.2) is 36.7 Å². The first kappa shape index (κ1) is 18.5. The zero-order valence-corrected chi connectivity index (χ0v) is 16.0. The van der Waals surface area contributed by atoms with E-state index < -0.39 is 0 Å². The number of nitrogens with zero attached hydrogens (tertiary/aromatic N) is 1. The summed E-state index contributed by atoms with van der Waals surface area (Å²) in [5.74, 6) is 0.720. The number of rotatable bonds is 4. The van der Waals surface area contributed by atoms with Gasteiger partial charge >= 0.3 is 0 Å². The predicted octanol–water partition coefficient (Wildman–Crippen LogP) is 4.98. The molecule has 0 aliphatic carbocycles. The van der Waals surface area contributed by atoms with Crippen LogP contribution in [-0.2, 0) is 10.2 Å². The number of piperidine rings is 1. The molecule has 0 N–H and O–H groups in total. The minimum Gasteiger partial charge on any atom is -0.375 e. The SMILES string of the molecule is CC(C)(C)OCCN1CCC(c2cccc(C(C)(C)C)c2)CC1. The van der Waals surface area contributed by atoms with Gasteiger partial charge in [-0.05, 0) is 69.2 Å². The first-order valence-electron chi connectivity index (χ1n) is 9.12. The molecule has 0 atom stereocenters. The van der Waals surface area contributed by atoms with E-state index in [9.17, 15) is 0 Å². The van der Waals surface area contributed by atoms with E-state index in [4.69, 9.17) is 4.74 Å². The third kappa shape index (κ3) is 5.93. The lowest BCUT2D eigenvalue weighted by molar-refractivity contribution is -0.0152. The minimum absolute atomic E-state index is 0.0221. The summed E-state index contributed by atoms with van der Waals surface area (Å²) >= 11 is 0. The van der Waals surface area contributed by atoms with Crippen LogP contribution in [0.5, 0.6) is 0 Å². The van der Waals surface area contributed by atoms with E-state index in [1.165, 1.54) is 37.1 Å². The van der Waals surface area contributed by atoms with E-state index in [-0.39, 0.29) is 11.0 Å². The van der Waals surface area contributed by atoms with Crippen LogP contribution in [0.25, 0.3) is 0 Å². The molecule has 2 nitrogen and oxygen atoms in total. The standard InChI is InChI=1S/C21H35NO/c1-20(2,3)19-9-7-8-18(16-19)17-10-12-22(13-11-17)14-15-23-21(4,5)6/h7-9,16-17H,10-15H2,1-6H3. The maximum Gasteiger partial charge on any atom is 0.0600 e. The number of ether oxygens (including phenoxy) is 1. The van der Waals surface area contributed by atoms with Crippen LogP contribution in [0.1, 0.15) is 71.4 Å². The molecule has 0 radical (unpaired) electrons. The van der Waals surface area contributed by atoms with Gasteiger partial charge in [0.1, 0.15) is 0 Å². The highest BCUT2D eigenvalue weighted by Crippen LogP contribution is 2.31. The number of benzene rings is 1. The molecule has 0 bridgehead atoms. The molecule has 0 unspecified atom stereocenters. The number of hydrogen-bond donors (Lipinski definition) is 0. The molecule has 0 aromatic heterocycles. The van der Waals surface area contributed by atoms with Crippen molar-refractivity contribution >= 4 is 0 Å². The molecule has 0 saturated carbocycles. The van der Waals surface area contributed by atoms with Crippen LogP contribution in [0.15, 0.2) is 24.3 Å². The Morgan fingerprint density at radius 3 is 2.26 bits per heavy atom. The van der Waals surface area contributed by atoms with Crippen LogP contribution in [0.4, 0.5) is 0 Å². The zero-order valence-electron chi connectivity index (χ0n) is 16.0. The van der Waals surface area contributed by atoms with Gasteiger partial charge in [-0.25, -0.2) is 0 Å². The van der Waals surface area contributed by atoms with Crippen molar-refractivity contribution in [3.63, 3.8) is 0 Å². The van der Waals surface area contributed by atoms with Crippen molar-refractivity contribution in [2.45, 2.75) is 71.3 Å². The molecular formula is C21H35NO. The summed E-state index contributed by atoms with van der Waals surface area (Å²) in [5.41, 5.74) is 3.20. The maximum atomic E-state index is 5.86. The molecule has 0 amide bonds. The zero-order chi connectivity index (χ0) is 17.1. The van der Waals surface area contributed by atoms with Crippen molar-refractivity contribution in [2.24, 2.45) is 0 Å². The highest BCUT2D eigenvalue weighted by atomic mass is 16.5. The van der Waals surface area contributed by atoms with Crippen molar-refractivity contribution in [2.75, 3.05) is 26.2 Å². The lowest BCUT2D eigenvalue weighted by atomic mass is 9.82. The van der Waals surface area contributed by atoms with Gasteiger partial charge in [0.15, 0.2) is 0 Å². The van der Waals surface area contributed by atoms with E-state index in [0.717, 1.165) is 19.1 Å². The van der Waals surface area contributed by atoms with Gasteiger partial charge in [-0.2, -0.15) is 0 Å². The maximum absolute atomic E-state index is 5.86. The van der Waals surface area contributed by atoms with Gasteiger partial charge in [0.25, 0.3) is 0 Å². The van der Waals surface area contributed by atoms with Crippen molar-refractivity contribution in [1.82, 2.24) is 4.90 Å². The van der Waals surface area contributed by atoms with Gasteiger partial charge in [-0.1, -0.05) is 45.0 Å². The fourth-order valence-electron chi connectivity index (χ4n) is 3.23. The van der Waals surface area contributed by atoms with E-state index in [1.807, 2.05) is 0 Å². The molecule has 1 heterocycles. The first-order valence-corrected chi connectivity index (χ1v) is 9.12. The number of hydrogen-bond acceptors (Lipinski definition) is 2. The van der Waals surface area contributed by atoms with E-state index in [1.54, 1.807) is 0 Å². The Labute approximate surface area is 143 Å². The number of likely N-dealkylation sites (tertiary alicyclic amines) is 1. The van der Waals surface area contributed by atoms with Crippen LogP contribution in [0.3, 0.4) is 0 Å². The molecule has 2 heteroatoms. The van der Waals surface area contributed by atoms with Crippen molar-refractivity contribution < 1.29 is 4.74 Å². The fraction of sp³-hybridized carbons (Fsp3) is 0.714. The molecular weight excluding hydrogens is 282 g/mol. The van der Waals surface area contributed by atoms with E-state index in [0.29, 0.717) is 0 Å². The van der Waals surface area contributed by atoms with Crippen LogP contribution in [0, 0.1) is 0 Å². The second kappa shape index (κ2) is 7.36. The second-order valence-electron chi connectivity index (χ2n) is 8.95. The minimum atomic E-state index is -0.0221. The molecule has 1 saturated heterocycles. The summed E-state index contributed by atoms with van der Waals surface area (Å²) in [4.78, 5) is 2.55. The molecule has 23 heavy (non-hydrogen) atoms. The van der Waals surface area contributed by atoms with Crippen molar-refractivity contribution in [3.05, 3.63) is 35.4 Å². The molecule has 2 rings (SSSR count). The third-order valence-corrected chi connectivity index (χ3v) is 4.75. The second-order valence-corrected chi connectivity index (χ2v) is 8.95. The molecule has 1 aliphatic rings. The smallest absolute Gasteiger partial charge is 0.0600 e. The van der Waals surface area contributed by atoms with Crippen LogP contribution >= 0.6 is 0 Å². The summed E-state index contributed by atoms with van der Waals surface area (Å²) in [6, 6.07) is 9.25. The molecule has 0 spiro atoms. The highest BCUT2D eigenvalue weighted by molar-refractivity contribution is 5.31. The molecule has 1 aromatic rings. The highest BCUT2D eigenvalue weighted by Gasteiger charge is 2.22. The summed E-state index contributed by atoms with van der Waals surface area (Å²) in [7, 11) is 0. The fourth-order valence-corrected chi connectivity index (χ4v) is 3.23. The predicted molar refractivity (Wildman–Crippen MR) is 99.3 cm³/mol. The first-order chi connectivity index (χ1) is 10.6. The molecule has 1 aromatic carbocycles. The van der Waals surface area contributed by atoms with Crippen molar-refractivity contribution in [1.29, 1.82) is 0 Å². The van der Waals surface area contributed by atoms with E-state index >= 15 is 0 Å². The van der Waals surface area contributed by atoms with Gasteiger partial charge < -0.3 is 9.64 Å². The Balaban J connectivity index is 1.85. The normalized spacial score (nSPS) is 18.3. The van der Waals surface area contributed by atoms with Crippen LogP contribution < -0.4 is 0 Å².